The Hall–Kier alpha value is -2.17. The largest absolute Gasteiger partial charge is 0.346 e. The number of rotatable bonds is 3. The molecule has 0 bridgehead atoms. The van der Waals surface area contributed by atoms with Gasteiger partial charge in [-0.3, -0.25) is 14.4 Å². The Kier molecular flexibility index (Phi) is 3.41. The first-order valence-corrected chi connectivity index (χ1v) is 5.76. The molecule has 5 heteroatoms. The van der Waals surface area contributed by atoms with Gasteiger partial charge in [0.1, 0.15) is 5.78 Å². The van der Waals surface area contributed by atoms with Gasteiger partial charge in [0.05, 0.1) is 0 Å². The van der Waals surface area contributed by atoms with E-state index in [1.54, 1.807) is 18.2 Å². The summed E-state index contributed by atoms with van der Waals surface area (Å²) in [5, 5.41) is 2.49. The Morgan fingerprint density at radius 2 is 2.17 bits per heavy atom. The maximum atomic E-state index is 11.7. The second-order valence-electron chi connectivity index (χ2n) is 4.26. The molecule has 0 spiro atoms. The fourth-order valence-corrected chi connectivity index (χ4v) is 1.95. The maximum absolute atomic E-state index is 11.7. The van der Waals surface area contributed by atoms with E-state index in [2.05, 4.69) is 5.32 Å². The van der Waals surface area contributed by atoms with Crippen LogP contribution in [0.4, 0.5) is 5.69 Å². The molecule has 94 valence electrons. The minimum Gasteiger partial charge on any atom is -0.346 e. The van der Waals surface area contributed by atoms with Crippen LogP contribution in [-0.4, -0.2) is 30.7 Å². The van der Waals surface area contributed by atoms with Crippen LogP contribution >= 0.6 is 0 Å². The number of hydrogen-bond donors (Lipinski definition) is 1. The highest BCUT2D eigenvalue weighted by Gasteiger charge is 2.27. The summed E-state index contributed by atoms with van der Waals surface area (Å²) in [5.74, 6) is -1.07. The molecule has 1 aliphatic rings. The SMILES string of the molecule is CC(=O)Cc1cccc(N2CCNC(=O)C2=O)c1. The fraction of sp³-hybridized carbons (Fsp3) is 0.308. The summed E-state index contributed by atoms with van der Waals surface area (Å²) in [6.45, 7) is 2.42. The van der Waals surface area contributed by atoms with Crippen molar-refractivity contribution in [2.24, 2.45) is 0 Å². The molecule has 0 unspecified atom stereocenters. The summed E-state index contributed by atoms with van der Waals surface area (Å²) in [7, 11) is 0. The van der Waals surface area contributed by atoms with Gasteiger partial charge in [-0.15, -0.1) is 0 Å². The van der Waals surface area contributed by atoms with Crippen LogP contribution in [-0.2, 0) is 20.8 Å². The van der Waals surface area contributed by atoms with Gasteiger partial charge in [-0.2, -0.15) is 0 Å². The predicted molar refractivity (Wildman–Crippen MR) is 66.2 cm³/mol. The van der Waals surface area contributed by atoms with Gasteiger partial charge in [-0.05, 0) is 24.6 Å². The van der Waals surface area contributed by atoms with Crippen molar-refractivity contribution in [3.8, 4) is 0 Å². The Balaban J connectivity index is 2.24. The van der Waals surface area contributed by atoms with Crippen molar-refractivity contribution in [1.82, 2.24) is 5.32 Å². The Morgan fingerprint density at radius 3 is 2.89 bits per heavy atom. The summed E-state index contributed by atoms with van der Waals surface area (Å²) >= 11 is 0. The minimum absolute atomic E-state index is 0.0647. The van der Waals surface area contributed by atoms with Gasteiger partial charge in [0.2, 0.25) is 0 Å². The molecule has 2 amide bonds. The van der Waals surface area contributed by atoms with Crippen LogP contribution < -0.4 is 10.2 Å². The number of nitrogens with one attached hydrogen (secondary N) is 1. The third kappa shape index (κ3) is 2.56. The zero-order valence-electron chi connectivity index (χ0n) is 10.1. The molecule has 18 heavy (non-hydrogen) atoms. The van der Waals surface area contributed by atoms with Gasteiger partial charge in [0.15, 0.2) is 0 Å². The van der Waals surface area contributed by atoms with Gasteiger partial charge in [0, 0.05) is 25.2 Å². The number of carbonyl (C=O) groups excluding carboxylic acids is 3. The number of anilines is 1. The van der Waals surface area contributed by atoms with Crippen molar-refractivity contribution in [3.63, 3.8) is 0 Å². The summed E-state index contributed by atoms with van der Waals surface area (Å²) < 4.78 is 0. The summed E-state index contributed by atoms with van der Waals surface area (Å²) in [6.07, 6.45) is 0.335. The number of piperazine rings is 1. The number of ketones is 1. The second kappa shape index (κ2) is 5.00. The van der Waals surface area contributed by atoms with E-state index in [0.717, 1.165) is 5.56 Å². The first kappa shape index (κ1) is 12.3. The first-order valence-electron chi connectivity index (χ1n) is 5.76. The average molecular weight is 246 g/mol. The topological polar surface area (TPSA) is 66.5 Å². The lowest BCUT2D eigenvalue weighted by atomic mass is 10.1. The highest BCUT2D eigenvalue weighted by molar-refractivity contribution is 6.41. The van der Waals surface area contributed by atoms with E-state index in [1.165, 1.54) is 11.8 Å². The van der Waals surface area contributed by atoms with Crippen molar-refractivity contribution < 1.29 is 14.4 Å². The molecular weight excluding hydrogens is 232 g/mol. The zero-order valence-corrected chi connectivity index (χ0v) is 10.1. The van der Waals surface area contributed by atoms with E-state index >= 15 is 0 Å². The fourth-order valence-electron chi connectivity index (χ4n) is 1.95. The van der Waals surface area contributed by atoms with Gasteiger partial charge in [-0.25, -0.2) is 0 Å². The number of benzene rings is 1. The van der Waals surface area contributed by atoms with Crippen LogP contribution in [0.25, 0.3) is 0 Å². The summed E-state index contributed by atoms with van der Waals surface area (Å²) in [4.78, 5) is 35.5. The van der Waals surface area contributed by atoms with Gasteiger partial charge in [0.25, 0.3) is 0 Å². The third-order valence-corrected chi connectivity index (χ3v) is 2.74. The number of nitrogens with zero attached hydrogens (tertiary/aromatic N) is 1. The van der Waals surface area contributed by atoms with Crippen LogP contribution in [0, 0.1) is 0 Å². The molecule has 0 aliphatic carbocycles. The van der Waals surface area contributed by atoms with Crippen LogP contribution in [0.3, 0.4) is 0 Å². The van der Waals surface area contributed by atoms with Crippen molar-refractivity contribution in [2.45, 2.75) is 13.3 Å². The van der Waals surface area contributed by atoms with E-state index in [0.29, 0.717) is 25.2 Å². The van der Waals surface area contributed by atoms with Gasteiger partial charge < -0.3 is 10.2 Å². The average Bonchev–Trinajstić information content (AvgIpc) is 2.32. The molecule has 1 heterocycles. The van der Waals surface area contributed by atoms with Crippen molar-refractivity contribution in [2.75, 3.05) is 18.0 Å². The normalized spacial score (nSPS) is 15.5. The number of carbonyl (C=O) groups is 3. The number of amides is 2. The first-order chi connectivity index (χ1) is 8.58. The molecule has 0 saturated carbocycles. The molecule has 1 aliphatic heterocycles. The van der Waals surface area contributed by atoms with Crippen molar-refractivity contribution in [1.29, 1.82) is 0 Å². The monoisotopic (exact) mass is 246 g/mol. The highest BCUT2D eigenvalue weighted by Crippen LogP contribution is 2.18. The molecule has 2 rings (SSSR count). The molecule has 1 saturated heterocycles. The summed E-state index contributed by atoms with van der Waals surface area (Å²) in [5.41, 5.74) is 1.51. The van der Waals surface area contributed by atoms with Gasteiger partial charge >= 0.3 is 11.8 Å². The number of Topliss-reactive ketones (excluding diaryl/α,β-unsaturated/α-hetero) is 1. The molecule has 5 nitrogen and oxygen atoms in total. The molecule has 0 radical (unpaired) electrons. The molecule has 1 aromatic rings. The molecule has 0 atom stereocenters. The lowest BCUT2D eigenvalue weighted by Gasteiger charge is -2.26. The molecular formula is C13H14N2O3. The van der Waals surface area contributed by atoms with Gasteiger partial charge in [-0.1, -0.05) is 12.1 Å². The lowest BCUT2D eigenvalue weighted by Crippen LogP contribution is -2.52. The Labute approximate surface area is 105 Å². The Bertz CT molecular complexity index is 511. The van der Waals surface area contributed by atoms with E-state index in [4.69, 9.17) is 0 Å². The van der Waals surface area contributed by atoms with Crippen LogP contribution in [0.1, 0.15) is 12.5 Å². The van der Waals surface area contributed by atoms with Crippen molar-refractivity contribution >= 4 is 23.3 Å². The van der Waals surface area contributed by atoms with E-state index in [9.17, 15) is 14.4 Å². The lowest BCUT2D eigenvalue weighted by molar-refractivity contribution is -0.138. The minimum atomic E-state index is -0.585. The molecule has 1 N–H and O–H groups in total. The van der Waals surface area contributed by atoms with Crippen molar-refractivity contribution in [3.05, 3.63) is 29.8 Å². The van der Waals surface area contributed by atoms with Crippen LogP contribution in [0.15, 0.2) is 24.3 Å². The molecule has 1 aromatic carbocycles. The third-order valence-electron chi connectivity index (χ3n) is 2.74. The standard InChI is InChI=1S/C13H14N2O3/c1-9(16)7-10-3-2-4-11(8-10)15-6-5-14-12(17)13(15)18/h2-4,8H,5-7H2,1H3,(H,14,17). The van der Waals surface area contributed by atoms with E-state index < -0.39 is 11.8 Å². The van der Waals surface area contributed by atoms with E-state index in [-0.39, 0.29) is 5.78 Å². The van der Waals surface area contributed by atoms with Crippen LogP contribution in [0.2, 0.25) is 0 Å². The Morgan fingerprint density at radius 1 is 1.39 bits per heavy atom. The second-order valence-corrected chi connectivity index (χ2v) is 4.26. The zero-order chi connectivity index (χ0) is 13.1. The highest BCUT2D eigenvalue weighted by atomic mass is 16.2. The number of hydrogen-bond acceptors (Lipinski definition) is 3. The van der Waals surface area contributed by atoms with Crippen LogP contribution in [0.5, 0.6) is 0 Å². The summed E-state index contributed by atoms with van der Waals surface area (Å²) in [6, 6.07) is 7.16. The molecule has 1 fully saturated rings. The maximum Gasteiger partial charge on any atom is 0.316 e. The smallest absolute Gasteiger partial charge is 0.316 e. The molecule has 0 aromatic heterocycles. The quantitative estimate of drug-likeness (QED) is 0.779. The van der Waals surface area contributed by atoms with E-state index in [1.807, 2.05) is 6.07 Å². The predicted octanol–water partition coefficient (Wildman–Crippen LogP) is 0.281.